The van der Waals surface area contributed by atoms with Crippen LogP contribution in [-0.2, 0) is 19.6 Å². The molecule has 0 atom stereocenters. The Labute approximate surface area is 111 Å². The molecule has 3 rings (SSSR count). The van der Waals surface area contributed by atoms with E-state index in [0.717, 1.165) is 36.5 Å². The van der Waals surface area contributed by atoms with Gasteiger partial charge in [0.05, 0.1) is 17.3 Å². The number of aliphatic hydroxyl groups is 1. The third-order valence-electron chi connectivity index (χ3n) is 3.47. The van der Waals surface area contributed by atoms with Crippen molar-refractivity contribution in [3.63, 3.8) is 0 Å². The van der Waals surface area contributed by atoms with Crippen molar-refractivity contribution in [1.82, 2.24) is 9.55 Å². The number of hydrogen-bond acceptors (Lipinski definition) is 2. The lowest BCUT2D eigenvalue weighted by atomic mass is 10.1. The van der Waals surface area contributed by atoms with Gasteiger partial charge in [0.25, 0.3) is 0 Å². The second-order valence-corrected chi connectivity index (χ2v) is 4.98. The van der Waals surface area contributed by atoms with Gasteiger partial charge >= 0.3 is 0 Å². The Hall–Kier alpha value is -1.32. The van der Waals surface area contributed by atoms with E-state index in [2.05, 4.69) is 9.55 Å². The molecule has 18 heavy (non-hydrogen) atoms. The Morgan fingerprint density at radius 3 is 2.89 bits per heavy atom. The fraction of sp³-hybridized carbons (Fsp3) is 0.357. The summed E-state index contributed by atoms with van der Waals surface area (Å²) in [7, 11) is 0. The molecule has 0 saturated carbocycles. The first-order valence-electron chi connectivity index (χ1n) is 6.25. The second kappa shape index (κ2) is 4.75. The number of hydrogen-bond donors (Lipinski definition) is 1. The highest BCUT2D eigenvalue weighted by Gasteiger charge is 2.21. The summed E-state index contributed by atoms with van der Waals surface area (Å²) < 4.78 is 2.20. The Bertz CT molecular complexity index is 577. The molecule has 1 N–H and O–H groups in total. The van der Waals surface area contributed by atoms with Gasteiger partial charge < -0.3 is 9.67 Å². The lowest BCUT2D eigenvalue weighted by Gasteiger charge is -2.17. The molecule has 0 aliphatic carbocycles. The first kappa shape index (κ1) is 11.8. The molecule has 2 heterocycles. The van der Waals surface area contributed by atoms with Crippen molar-refractivity contribution >= 4 is 11.6 Å². The number of imidazole rings is 1. The predicted octanol–water partition coefficient (Wildman–Crippen LogP) is 3.03. The van der Waals surface area contributed by atoms with Crippen molar-refractivity contribution in [3.8, 4) is 11.4 Å². The van der Waals surface area contributed by atoms with Crippen LogP contribution in [-0.4, -0.2) is 14.7 Å². The first-order chi connectivity index (χ1) is 8.81. The number of halogens is 1. The molecule has 0 amide bonds. The second-order valence-electron chi connectivity index (χ2n) is 4.58. The number of fused-ring (bicyclic) bond motifs is 1. The number of aromatic nitrogens is 2. The molecule has 1 aromatic carbocycles. The van der Waals surface area contributed by atoms with E-state index in [9.17, 15) is 5.11 Å². The molecule has 1 aromatic heterocycles. The Balaban J connectivity index is 2.18. The van der Waals surface area contributed by atoms with E-state index in [1.54, 1.807) is 0 Å². The third-order valence-corrected chi connectivity index (χ3v) is 3.79. The van der Waals surface area contributed by atoms with Crippen molar-refractivity contribution in [2.75, 3.05) is 0 Å². The Morgan fingerprint density at radius 2 is 2.11 bits per heavy atom. The van der Waals surface area contributed by atoms with E-state index in [0.29, 0.717) is 5.02 Å². The van der Waals surface area contributed by atoms with E-state index in [-0.39, 0.29) is 6.61 Å². The van der Waals surface area contributed by atoms with Crippen LogP contribution in [0.3, 0.4) is 0 Å². The Kier molecular flexibility index (Phi) is 3.10. The van der Waals surface area contributed by atoms with Gasteiger partial charge in [-0.05, 0) is 31.4 Å². The van der Waals surface area contributed by atoms with E-state index < -0.39 is 0 Å². The lowest BCUT2D eigenvalue weighted by molar-refractivity contribution is 0.275. The minimum absolute atomic E-state index is 0.000212. The maximum absolute atomic E-state index is 9.41. The SMILES string of the molecule is OCc1nc(-c2ccccc2Cl)n2c1CCCC2. The van der Waals surface area contributed by atoms with Gasteiger partial charge in [0.2, 0.25) is 0 Å². The molecular formula is C14H15ClN2O. The highest BCUT2D eigenvalue weighted by molar-refractivity contribution is 6.33. The maximum atomic E-state index is 9.41. The minimum Gasteiger partial charge on any atom is -0.390 e. The predicted molar refractivity (Wildman–Crippen MR) is 71.5 cm³/mol. The van der Waals surface area contributed by atoms with Crippen LogP contribution in [0.15, 0.2) is 24.3 Å². The van der Waals surface area contributed by atoms with Crippen molar-refractivity contribution in [2.45, 2.75) is 32.4 Å². The van der Waals surface area contributed by atoms with Gasteiger partial charge in [-0.1, -0.05) is 23.7 Å². The fourth-order valence-electron chi connectivity index (χ4n) is 2.59. The number of nitrogens with zero attached hydrogens (tertiary/aromatic N) is 2. The van der Waals surface area contributed by atoms with Crippen LogP contribution < -0.4 is 0 Å². The van der Waals surface area contributed by atoms with E-state index in [1.807, 2.05) is 24.3 Å². The minimum atomic E-state index is -0.000212. The van der Waals surface area contributed by atoms with Gasteiger partial charge in [-0.25, -0.2) is 4.98 Å². The highest BCUT2D eigenvalue weighted by atomic mass is 35.5. The van der Waals surface area contributed by atoms with Crippen molar-refractivity contribution in [2.24, 2.45) is 0 Å². The molecule has 0 unspecified atom stereocenters. The lowest BCUT2D eigenvalue weighted by Crippen LogP contribution is -2.12. The van der Waals surface area contributed by atoms with E-state index in [1.165, 1.54) is 12.1 Å². The first-order valence-corrected chi connectivity index (χ1v) is 6.63. The van der Waals surface area contributed by atoms with Crippen LogP contribution in [0.4, 0.5) is 0 Å². The summed E-state index contributed by atoms with van der Waals surface area (Å²) in [6, 6.07) is 7.73. The number of aliphatic hydroxyl groups excluding tert-OH is 1. The molecule has 0 fully saturated rings. The number of benzene rings is 1. The molecule has 3 nitrogen and oxygen atoms in total. The van der Waals surface area contributed by atoms with Crippen LogP contribution in [0.5, 0.6) is 0 Å². The summed E-state index contributed by atoms with van der Waals surface area (Å²) in [5, 5.41) is 10.1. The molecular weight excluding hydrogens is 248 g/mol. The van der Waals surface area contributed by atoms with Gasteiger partial charge in [-0.2, -0.15) is 0 Å². The van der Waals surface area contributed by atoms with Crippen molar-refractivity contribution in [3.05, 3.63) is 40.7 Å². The molecule has 0 radical (unpaired) electrons. The quantitative estimate of drug-likeness (QED) is 0.903. The molecule has 1 aliphatic heterocycles. The average molecular weight is 263 g/mol. The van der Waals surface area contributed by atoms with Crippen LogP contribution in [0.25, 0.3) is 11.4 Å². The summed E-state index contributed by atoms with van der Waals surface area (Å²) >= 11 is 6.24. The molecule has 94 valence electrons. The number of rotatable bonds is 2. The van der Waals surface area contributed by atoms with E-state index in [4.69, 9.17) is 11.6 Å². The van der Waals surface area contributed by atoms with Gasteiger partial charge in [0.15, 0.2) is 0 Å². The van der Waals surface area contributed by atoms with Gasteiger partial charge in [-0.3, -0.25) is 0 Å². The van der Waals surface area contributed by atoms with Gasteiger partial charge in [0.1, 0.15) is 5.82 Å². The zero-order valence-electron chi connectivity index (χ0n) is 10.1. The maximum Gasteiger partial charge on any atom is 0.142 e. The molecule has 0 spiro atoms. The fourth-order valence-corrected chi connectivity index (χ4v) is 2.81. The average Bonchev–Trinajstić information content (AvgIpc) is 2.78. The topological polar surface area (TPSA) is 38.1 Å². The molecule has 0 saturated heterocycles. The highest BCUT2D eigenvalue weighted by Crippen LogP contribution is 2.31. The summed E-state index contributed by atoms with van der Waals surface area (Å²) in [6.45, 7) is 0.961. The normalized spacial score (nSPS) is 14.6. The summed E-state index contributed by atoms with van der Waals surface area (Å²) in [5.74, 6) is 0.888. The zero-order valence-corrected chi connectivity index (χ0v) is 10.8. The smallest absolute Gasteiger partial charge is 0.142 e. The molecule has 1 aliphatic rings. The van der Waals surface area contributed by atoms with Crippen LogP contribution in [0.1, 0.15) is 24.2 Å². The summed E-state index contributed by atoms with van der Waals surface area (Å²) in [5.41, 5.74) is 2.91. The van der Waals surface area contributed by atoms with Gasteiger partial charge in [0, 0.05) is 17.8 Å². The van der Waals surface area contributed by atoms with Crippen LogP contribution in [0.2, 0.25) is 5.02 Å². The third kappa shape index (κ3) is 1.84. The van der Waals surface area contributed by atoms with Crippen molar-refractivity contribution < 1.29 is 5.11 Å². The standard InChI is InChI=1S/C14H15ClN2O/c15-11-6-2-1-5-10(11)14-16-12(9-18)13-7-3-4-8-17(13)14/h1-2,5-6,18H,3-4,7-9H2. The van der Waals surface area contributed by atoms with Gasteiger partial charge in [-0.15, -0.1) is 0 Å². The molecule has 4 heteroatoms. The van der Waals surface area contributed by atoms with Crippen LogP contribution in [0, 0.1) is 0 Å². The monoisotopic (exact) mass is 262 g/mol. The van der Waals surface area contributed by atoms with Crippen LogP contribution >= 0.6 is 11.6 Å². The largest absolute Gasteiger partial charge is 0.390 e. The summed E-state index contributed by atoms with van der Waals surface area (Å²) in [4.78, 5) is 4.57. The Morgan fingerprint density at radius 1 is 1.28 bits per heavy atom. The van der Waals surface area contributed by atoms with Crippen molar-refractivity contribution in [1.29, 1.82) is 0 Å². The summed E-state index contributed by atoms with van der Waals surface area (Å²) in [6.07, 6.45) is 3.32. The molecule has 0 bridgehead atoms. The van der Waals surface area contributed by atoms with E-state index >= 15 is 0 Å². The zero-order chi connectivity index (χ0) is 12.5. The molecule has 2 aromatic rings.